The van der Waals surface area contributed by atoms with E-state index in [1.807, 2.05) is 6.07 Å². The van der Waals surface area contributed by atoms with Gasteiger partial charge in [-0.15, -0.1) is 0 Å². The summed E-state index contributed by atoms with van der Waals surface area (Å²) in [6.07, 6.45) is 1.17. The summed E-state index contributed by atoms with van der Waals surface area (Å²) >= 11 is 3.51. The van der Waals surface area contributed by atoms with Gasteiger partial charge in [0.1, 0.15) is 0 Å². The lowest BCUT2D eigenvalue weighted by Crippen LogP contribution is -2.28. The predicted molar refractivity (Wildman–Crippen MR) is 76.0 cm³/mol. The molecule has 0 aromatic heterocycles. The third kappa shape index (κ3) is 3.18. The number of fused-ring (bicyclic) bond motifs is 1. The monoisotopic (exact) mass is 313 g/mol. The minimum absolute atomic E-state index is 0.313. The van der Waals surface area contributed by atoms with Crippen LogP contribution in [0.25, 0.3) is 0 Å². The Morgan fingerprint density at radius 1 is 1.33 bits per heavy atom. The van der Waals surface area contributed by atoms with E-state index in [0.717, 1.165) is 29.1 Å². The summed E-state index contributed by atoms with van der Waals surface area (Å²) in [6.45, 7) is 8.94. The minimum Gasteiger partial charge on any atom is -0.454 e. The normalized spacial score (nSPS) is 14.0. The van der Waals surface area contributed by atoms with Gasteiger partial charge in [0.15, 0.2) is 11.5 Å². The summed E-state index contributed by atoms with van der Waals surface area (Å²) in [7, 11) is 0. The summed E-state index contributed by atoms with van der Waals surface area (Å²) in [5.41, 5.74) is 1.55. The topological polar surface area (TPSA) is 30.5 Å². The Bertz CT molecular complexity index is 432. The lowest BCUT2D eigenvalue weighted by Gasteiger charge is -2.23. The molecule has 1 heterocycles. The van der Waals surface area contributed by atoms with Crippen LogP contribution in [0.4, 0.5) is 0 Å². The molecule has 2 rings (SSSR count). The third-order valence-electron chi connectivity index (χ3n) is 3.38. The maximum absolute atomic E-state index is 5.41. The van der Waals surface area contributed by atoms with Crippen LogP contribution in [-0.2, 0) is 6.54 Å². The predicted octanol–water partition coefficient (Wildman–Crippen LogP) is 3.70. The van der Waals surface area contributed by atoms with Crippen LogP contribution >= 0.6 is 15.9 Å². The summed E-state index contributed by atoms with van der Waals surface area (Å²) < 4.78 is 11.7. The summed E-state index contributed by atoms with van der Waals surface area (Å²) in [4.78, 5) is 0. The van der Waals surface area contributed by atoms with Crippen LogP contribution in [0, 0.1) is 5.41 Å². The average Bonchev–Trinajstić information content (AvgIpc) is 2.77. The maximum atomic E-state index is 5.41. The number of nitrogens with one attached hydrogen (secondary N) is 1. The fourth-order valence-electron chi connectivity index (χ4n) is 1.79. The number of hydrogen-bond acceptors (Lipinski definition) is 3. The minimum atomic E-state index is 0.313. The fourth-order valence-corrected chi connectivity index (χ4v) is 2.40. The van der Waals surface area contributed by atoms with Crippen molar-refractivity contribution in [3.63, 3.8) is 0 Å². The second-order valence-electron chi connectivity index (χ2n) is 5.43. The van der Waals surface area contributed by atoms with Crippen LogP contribution in [0.1, 0.15) is 32.8 Å². The zero-order valence-electron chi connectivity index (χ0n) is 11.2. The number of rotatable bonds is 5. The highest BCUT2D eigenvalue weighted by Crippen LogP contribution is 2.39. The highest BCUT2D eigenvalue weighted by molar-refractivity contribution is 9.10. The van der Waals surface area contributed by atoms with Crippen molar-refractivity contribution in [1.82, 2.24) is 5.32 Å². The molecule has 0 saturated heterocycles. The van der Waals surface area contributed by atoms with Gasteiger partial charge in [0.2, 0.25) is 6.79 Å². The first-order chi connectivity index (χ1) is 8.52. The van der Waals surface area contributed by atoms with Crippen molar-refractivity contribution in [3.8, 4) is 11.5 Å². The van der Waals surface area contributed by atoms with E-state index in [9.17, 15) is 0 Å². The number of ether oxygens (including phenoxy) is 2. The largest absolute Gasteiger partial charge is 0.454 e. The van der Waals surface area contributed by atoms with Crippen LogP contribution < -0.4 is 14.8 Å². The molecule has 0 unspecified atom stereocenters. The standard InChI is InChI=1S/C14H20BrNO2/c1-4-14(2,3)8-16-7-10-5-11(15)13-12(6-10)17-9-18-13/h5-6,16H,4,7-9H2,1-3H3. The average molecular weight is 314 g/mol. The van der Waals surface area contributed by atoms with Gasteiger partial charge < -0.3 is 14.8 Å². The molecular weight excluding hydrogens is 294 g/mol. The lowest BCUT2D eigenvalue weighted by molar-refractivity contribution is 0.173. The van der Waals surface area contributed by atoms with E-state index in [2.05, 4.69) is 48.1 Å². The molecule has 1 N–H and O–H groups in total. The second kappa shape index (κ2) is 5.49. The van der Waals surface area contributed by atoms with Crippen LogP contribution in [0.2, 0.25) is 0 Å². The molecule has 1 aromatic carbocycles. The van der Waals surface area contributed by atoms with Crippen molar-refractivity contribution >= 4 is 15.9 Å². The Balaban J connectivity index is 1.97. The second-order valence-corrected chi connectivity index (χ2v) is 6.29. The van der Waals surface area contributed by atoms with Crippen LogP contribution in [-0.4, -0.2) is 13.3 Å². The van der Waals surface area contributed by atoms with Gasteiger partial charge in [-0.25, -0.2) is 0 Å². The highest BCUT2D eigenvalue weighted by Gasteiger charge is 2.18. The molecule has 0 aliphatic carbocycles. The smallest absolute Gasteiger partial charge is 0.231 e. The fraction of sp³-hybridized carbons (Fsp3) is 0.571. The molecule has 0 atom stereocenters. The number of hydrogen-bond donors (Lipinski definition) is 1. The molecule has 4 heteroatoms. The zero-order chi connectivity index (χ0) is 13.2. The van der Waals surface area contributed by atoms with Crippen molar-refractivity contribution in [2.45, 2.75) is 33.7 Å². The van der Waals surface area contributed by atoms with E-state index < -0.39 is 0 Å². The molecule has 100 valence electrons. The lowest BCUT2D eigenvalue weighted by atomic mass is 9.90. The first-order valence-corrected chi connectivity index (χ1v) is 7.10. The van der Waals surface area contributed by atoms with Crippen LogP contribution in [0.3, 0.4) is 0 Å². The van der Waals surface area contributed by atoms with Crippen molar-refractivity contribution in [3.05, 3.63) is 22.2 Å². The molecule has 0 bridgehead atoms. The molecule has 0 saturated carbocycles. The third-order valence-corrected chi connectivity index (χ3v) is 3.97. The van der Waals surface area contributed by atoms with Crippen molar-refractivity contribution in [2.75, 3.05) is 13.3 Å². The van der Waals surface area contributed by atoms with Crippen molar-refractivity contribution in [1.29, 1.82) is 0 Å². The van der Waals surface area contributed by atoms with Crippen molar-refractivity contribution in [2.24, 2.45) is 5.41 Å². The molecule has 0 spiro atoms. The summed E-state index contributed by atoms with van der Waals surface area (Å²) in [5, 5.41) is 3.49. The van der Waals surface area contributed by atoms with Gasteiger partial charge in [0.25, 0.3) is 0 Å². The molecule has 18 heavy (non-hydrogen) atoms. The van der Waals surface area contributed by atoms with E-state index >= 15 is 0 Å². The Morgan fingerprint density at radius 3 is 2.83 bits per heavy atom. The Labute approximate surface area is 117 Å². The van der Waals surface area contributed by atoms with Gasteiger partial charge in [0.05, 0.1) is 4.47 Å². The quantitative estimate of drug-likeness (QED) is 0.899. The van der Waals surface area contributed by atoms with Crippen molar-refractivity contribution < 1.29 is 9.47 Å². The van der Waals surface area contributed by atoms with Gasteiger partial charge in [-0.3, -0.25) is 0 Å². The van der Waals surface area contributed by atoms with Gasteiger partial charge in [-0.05, 0) is 45.5 Å². The van der Waals surface area contributed by atoms with E-state index in [0.29, 0.717) is 12.2 Å². The van der Waals surface area contributed by atoms with E-state index in [1.54, 1.807) is 0 Å². The SMILES string of the molecule is CCC(C)(C)CNCc1cc(Br)c2c(c1)OCO2. The molecular formula is C14H20BrNO2. The van der Waals surface area contributed by atoms with Crippen LogP contribution in [0.15, 0.2) is 16.6 Å². The van der Waals surface area contributed by atoms with Gasteiger partial charge in [-0.1, -0.05) is 20.8 Å². The maximum Gasteiger partial charge on any atom is 0.231 e. The summed E-state index contributed by atoms with van der Waals surface area (Å²) in [5.74, 6) is 1.64. The molecule has 1 aliphatic heterocycles. The summed E-state index contributed by atoms with van der Waals surface area (Å²) in [6, 6.07) is 4.12. The Morgan fingerprint density at radius 2 is 2.11 bits per heavy atom. The molecule has 1 aromatic rings. The first-order valence-electron chi connectivity index (χ1n) is 6.30. The first kappa shape index (κ1) is 13.7. The molecule has 0 radical (unpaired) electrons. The number of halogens is 1. The Hall–Kier alpha value is -0.740. The number of benzene rings is 1. The Kier molecular flexibility index (Phi) is 4.17. The molecule has 1 aliphatic rings. The molecule has 0 fully saturated rings. The zero-order valence-corrected chi connectivity index (χ0v) is 12.8. The molecule has 0 amide bonds. The van der Waals surface area contributed by atoms with E-state index in [1.165, 1.54) is 12.0 Å². The van der Waals surface area contributed by atoms with Gasteiger partial charge >= 0.3 is 0 Å². The van der Waals surface area contributed by atoms with Gasteiger partial charge in [-0.2, -0.15) is 0 Å². The van der Waals surface area contributed by atoms with E-state index in [-0.39, 0.29) is 0 Å². The van der Waals surface area contributed by atoms with E-state index in [4.69, 9.17) is 9.47 Å². The van der Waals surface area contributed by atoms with Gasteiger partial charge in [0, 0.05) is 13.1 Å². The molecule has 3 nitrogen and oxygen atoms in total. The highest BCUT2D eigenvalue weighted by atomic mass is 79.9. The van der Waals surface area contributed by atoms with Crippen LogP contribution in [0.5, 0.6) is 11.5 Å².